The van der Waals surface area contributed by atoms with Crippen molar-refractivity contribution in [2.45, 2.75) is 43.7 Å². The lowest BCUT2D eigenvalue weighted by Crippen LogP contribution is -2.40. The summed E-state index contributed by atoms with van der Waals surface area (Å²) in [5, 5.41) is 4.76. The molecule has 27 heavy (non-hydrogen) atoms. The standard InChI is InChI=1S/C18H25N3O3S2.ClH/c1-2-3-7-15(12-19)21-18(22)14-6-4-9-17(11-14)26(23,24)20-13-16-8-5-10-25-16;/h4-6,8-11,15,20H,2-3,7,12-13,19H2,1H3,(H,21,22);1H. The van der Waals surface area contributed by atoms with Crippen molar-refractivity contribution in [3.05, 3.63) is 52.2 Å². The van der Waals surface area contributed by atoms with Crippen LogP contribution in [0.5, 0.6) is 0 Å². The Bertz CT molecular complexity index is 811. The van der Waals surface area contributed by atoms with Crippen molar-refractivity contribution in [1.29, 1.82) is 0 Å². The molecule has 6 nitrogen and oxygen atoms in total. The van der Waals surface area contributed by atoms with Crippen LogP contribution in [0.3, 0.4) is 0 Å². The molecule has 2 rings (SSSR count). The number of carbonyl (C=O) groups excluding carboxylic acids is 1. The largest absolute Gasteiger partial charge is 0.348 e. The van der Waals surface area contributed by atoms with Gasteiger partial charge < -0.3 is 11.1 Å². The molecule has 0 aliphatic rings. The van der Waals surface area contributed by atoms with Gasteiger partial charge in [-0.3, -0.25) is 4.79 Å². The van der Waals surface area contributed by atoms with Gasteiger partial charge in [0.15, 0.2) is 0 Å². The van der Waals surface area contributed by atoms with Gasteiger partial charge in [0.1, 0.15) is 0 Å². The van der Waals surface area contributed by atoms with E-state index >= 15 is 0 Å². The fourth-order valence-electron chi connectivity index (χ4n) is 2.44. The zero-order chi connectivity index (χ0) is 19.0. The summed E-state index contributed by atoms with van der Waals surface area (Å²) in [5.74, 6) is -0.313. The Morgan fingerprint density at radius 2 is 2.04 bits per heavy atom. The average Bonchev–Trinajstić information content (AvgIpc) is 3.17. The molecule has 1 atom stereocenters. The van der Waals surface area contributed by atoms with Crippen LogP contribution in [-0.2, 0) is 16.6 Å². The second-order valence-electron chi connectivity index (χ2n) is 5.98. The van der Waals surface area contributed by atoms with E-state index in [0.717, 1.165) is 24.1 Å². The Labute approximate surface area is 171 Å². The number of halogens is 1. The van der Waals surface area contributed by atoms with Gasteiger partial charge in [0.05, 0.1) is 4.90 Å². The van der Waals surface area contributed by atoms with E-state index in [4.69, 9.17) is 5.73 Å². The summed E-state index contributed by atoms with van der Waals surface area (Å²) in [7, 11) is -3.69. The number of carbonyl (C=O) groups is 1. The fourth-order valence-corrected chi connectivity index (χ4v) is 4.22. The van der Waals surface area contributed by atoms with Crippen molar-refractivity contribution in [3.63, 3.8) is 0 Å². The van der Waals surface area contributed by atoms with Gasteiger partial charge in [0.2, 0.25) is 10.0 Å². The molecule has 1 heterocycles. The highest BCUT2D eigenvalue weighted by Gasteiger charge is 2.17. The van der Waals surface area contributed by atoms with Crippen molar-refractivity contribution in [3.8, 4) is 0 Å². The number of thiophene rings is 1. The first-order valence-corrected chi connectivity index (χ1v) is 11.0. The number of rotatable bonds is 10. The van der Waals surface area contributed by atoms with E-state index < -0.39 is 10.0 Å². The Balaban J connectivity index is 0.00000364. The first-order valence-electron chi connectivity index (χ1n) is 8.59. The fraction of sp³-hybridized carbons (Fsp3) is 0.389. The number of benzene rings is 1. The van der Waals surface area contributed by atoms with Crippen molar-refractivity contribution in [2.75, 3.05) is 6.54 Å². The highest BCUT2D eigenvalue weighted by molar-refractivity contribution is 7.89. The molecular weight excluding hydrogens is 406 g/mol. The predicted octanol–water partition coefficient (Wildman–Crippen LogP) is 2.90. The smallest absolute Gasteiger partial charge is 0.251 e. The maximum absolute atomic E-state index is 12.5. The predicted molar refractivity (Wildman–Crippen MR) is 112 cm³/mol. The molecule has 0 fully saturated rings. The lowest BCUT2D eigenvalue weighted by atomic mass is 10.1. The van der Waals surface area contributed by atoms with Crippen molar-refractivity contribution in [2.24, 2.45) is 5.73 Å². The second kappa shape index (κ2) is 11.4. The number of hydrogen-bond acceptors (Lipinski definition) is 5. The summed E-state index contributed by atoms with van der Waals surface area (Å²) in [6, 6.07) is 9.65. The molecule has 1 unspecified atom stereocenters. The molecule has 1 amide bonds. The van der Waals surface area contributed by atoms with Crippen LogP contribution in [0.4, 0.5) is 0 Å². The summed E-state index contributed by atoms with van der Waals surface area (Å²) >= 11 is 1.48. The molecule has 0 bridgehead atoms. The van der Waals surface area contributed by atoms with Gasteiger partial charge in [-0.15, -0.1) is 23.7 Å². The molecule has 9 heteroatoms. The molecule has 2 aromatic rings. The lowest BCUT2D eigenvalue weighted by Gasteiger charge is -2.16. The zero-order valence-electron chi connectivity index (χ0n) is 15.2. The highest BCUT2D eigenvalue weighted by atomic mass is 35.5. The number of unbranched alkanes of at least 4 members (excludes halogenated alkanes) is 1. The summed E-state index contributed by atoms with van der Waals surface area (Å²) in [5.41, 5.74) is 6.01. The minimum absolute atomic E-state index is 0. The van der Waals surface area contributed by atoms with Gasteiger partial charge in [-0.2, -0.15) is 0 Å². The summed E-state index contributed by atoms with van der Waals surface area (Å²) in [6.45, 7) is 2.65. The van der Waals surface area contributed by atoms with Gasteiger partial charge in [0.25, 0.3) is 5.91 Å². The third-order valence-electron chi connectivity index (χ3n) is 3.95. The Hall–Kier alpha value is -1.45. The van der Waals surface area contributed by atoms with E-state index in [1.54, 1.807) is 12.1 Å². The van der Waals surface area contributed by atoms with E-state index in [1.165, 1.54) is 23.5 Å². The Morgan fingerprint density at radius 3 is 2.67 bits per heavy atom. The maximum atomic E-state index is 12.5. The molecule has 0 saturated carbocycles. The van der Waals surface area contributed by atoms with Crippen LogP contribution in [0.1, 0.15) is 41.4 Å². The van der Waals surface area contributed by atoms with Crippen LogP contribution in [0.15, 0.2) is 46.7 Å². The molecule has 0 saturated heterocycles. The van der Waals surface area contributed by atoms with Crippen LogP contribution in [0, 0.1) is 0 Å². The monoisotopic (exact) mass is 431 g/mol. The molecule has 1 aromatic carbocycles. The highest BCUT2D eigenvalue weighted by Crippen LogP contribution is 2.14. The van der Waals surface area contributed by atoms with E-state index in [0.29, 0.717) is 12.1 Å². The van der Waals surface area contributed by atoms with E-state index in [2.05, 4.69) is 17.0 Å². The Morgan fingerprint density at radius 1 is 1.26 bits per heavy atom. The summed E-state index contributed by atoms with van der Waals surface area (Å²) in [4.78, 5) is 13.4. The summed E-state index contributed by atoms with van der Waals surface area (Å²) < 4.78 is 27.5. The van der Waals surface area contributed by atoms with E-state index in [1.807, 2.05) is 17.5 Å². The quantitative estimate of drug-likeness (QED) is 0.538. The molecule has 1 aromatic heterocycles. The molecule has 0 aliphatic carbocycles. The molecule has 150 valence electrons. The van der Waals surface area contributed by atoms with E-state index in [-0.39, 0.29) is 35.8 Å². The third kappa shape index (κ3) is 7.23. The maximum Gasteiger partial charge on any atom is 0.251 e. The zero-order valence-corrected chi connectivity index (χ0v) is 17.6. The van der Waals surface area contributed by atoms with Crippen molar-refractivity contribution in [1.82, 2.24) is 10.0 Å². The van der Waals surface area contributed by atoms with E-state index in [9.17, 15) is 13.2 Å². The lowest BCUT2D eigenvalue weighted by molar-refractivity contribution is 0.0935. The number of nitrogens with one attached hydrogen (secondary N) is 2. The molecule has 0 spiro atoms. The van der Waals surface area contributed by atoms with Gasteiger partial charge in [0, 0.05) is 29.6 Å². The van der Waals surface area contributed by atoms with Crippen LogP contribution in [0.25, 0.3) is 0 Å². The van der Waals surface area contributed by atoms with Crippen LogP contribution >= 0.6 is 23.7 Å². The van der Waals surface area contributed by atoms with Gasteiger partial charge >= 0.3 is 0 Å². The first-order chi connectivity index (χ1) is 12.5. The topological polar surface area (TPSA) is 101 Å². The molecular formula is C18H26ClN3O3S2. The normalized spacial score (nSPS) is 12.2. The molecule has 4 N–H and O–H groups in total. The first kappa shape index (κ1) is 23.6. The molecule has 0 aliphatic heterocycles. The minimum Gasteiger partial charge on any atom is -0.348 e. The molecule has 0 radical (unpaired) electrons. The van der Waals surface area contributed by atoms with Crippen molar-refractivity contribution < 1.29 is 13.2 Å². The summed E-state index contributed by atoms with van der Waals surface area (Å²) in [6.07, 6.45) is 2.80. The Kier molecular flexibility index (Phi) is 9.97. The number of sulfonamides is 1. The number of hydrogen-bond donors (Lipinski definition) is 3. The minimum atomic E-state index is -3.69. The SMILES string of the molecule is CCCCC(CN)NC(=O)c1cccc(S(=O)(=O)NCc2cccs2)c1.Cl. The number of nitrogens with two attached hydrogens (primary N) is 1. The van der Waals surface area contributed by atoms with Crippen molar-refractivity contribution >= 4 is 39.7 Å². The van der Waals surface area contributed by atoms with Crippen LogP contribution < -0.4 is 15.8 Å². The second-order valence-corrected chi connectivity index (χ2v) is 8.78. The van der Waals surface area contributed by atoms with Crippen LogP contribution in [-0.4, -0.2) is 26.9 Å². The third-order valence-corrected chi connectivity index (χ3v) is 6.22. The van der Waals surface area contributed by atoms with Gasteiger partial charge in [-0.1, -0.05) is 31.9 Å². The van der Waals surface area contributed by atoms with Gasteiger partial charge in [-0.05, 0) is 36.1 Å². The number of amides is 1. The van der Waals surface area contributed by atoms with Gasteiger partial charge in [-0.25, -0.2) is 13.1 Å². The average molecular weight is 432 g/mol. The van der Waals surface area contributed by atoms with Crippen LogP contribution in [0.2, 0.25) is 0 Å².